The van der Waals surface area contributed by atoms with Crippen LogP contribution in [0.3, 0.4) is 0 Å². The standard InChI is InChI=1S/C13H18N2O/c1-11(15-9-5-6-10-15)13(16)14-12-7-3-2-4-8-12/h2-4,7-8,11H,5-6,9-10H2,1H3,(H,14,16)/t11-/m1/s1. The molecule has 0 bridgehead atoms. The van der Waals surface area contributed by atoms with E-state index in [0.29, 0.717) is 0 Å². The van der Waals surface area contributed by atoms with Gasteiger partial charge in [-0.3, -0.25) is 9.69 Å². The molecule has 3 nitrogen and oxygen atoms in total. The number of benzene rings is 1. The number of anilines is 1. The lowest BCUT2D eigenvalue weighted by atomic mass is 10.2. The molecule has 0 saturated carbocycles. The average molecular weight is 218 g/mol. The number of carbonyl (C=O) groups excluding carboxylic acids is 1. The first-order valence-electron chi connectivity index (χ1n) is 5.87. The molecule has 1 atom stereocenters. The van der Waals surface area contributed by atoms with Gasteiger partial charge in [-0.1, -0.05) is 18.2 Å². The molecule has 0 unspecified atom stereocenters. The van der Waals surface area contributed by atoms with Crippen LogP contribution in [-0.2, 0) is 4.79 Å². The molecule has 2 rings (SSSR count). The van der Waals surface area contributed by atoms with E-state index in [1.807, 2.05) is 37.3 Å². The Labute approximate surface area is 96.5 Å². The molecule has 1 heterocycles. The molecule has 1 aromatic carbocycles. The van der Waals surface area contributed by atoms with Crippen molar-refractivity contribution in [2.24, 2.45) is 0 Å². The fraction of sp³-hybridized carbons (Fsp3) is 0.462. The Morgan fingerprint density at radius 3 is 2.50 bits per heavy atom. The van der Waals surface area contributed by atoms with Gasteiger partial charge in [0, 0.05) is 5.69 Å². The third-order valence-corrected chi connectivity index (χ3v) is 3.11. The minimum atomic E-state index is -0.0253. The first kappa shape index (κ1) is 11.1. The van der Waals surface area contributed by atoms with E-state index in [-0.39, 0.29) is 11.9 Å². The number of amides is 1. The van der Waals surface area contributed by atoms with Crippen LogP contribution in [0.1, 0.15) is 19.8 Å². The topological polar surface area (TPSA) is 32.3 Å². The predicted molar refractivity (Wildman–Crippen MR) is 65.3 cm³/mol. The minimum Gasteiger partial charge on any atom is -0.325 e. The molecule has 0 spiro atoms. The second kappa shape index (κ2) is 5.12. The summed E-state index contributed by atoms with van der Waals surface area (Å²) >= 11 is 0. The van der Waals surface area contributed by atoms with Crippen molar-refractivity contribution >= 4 is 11.6 Å². The molecule has 1 aliphatic rings. The quantitative estimate of drug-likeness (QED) is 0.842. The lowest BCUT2D eigenvalue weighted by molar-refractivity contribution is -0.120. The Morgan fingerprint density at radius 1 is 1.25 bits per heavy atom. The lowest BCUT2D eigenvalue weighted by Crippen LogP contribution is -2.40. The maximum atomic E-state index is 11.9. The molecule has 1 fully saturated rings. The van der Waals surface area contributed by atoms with Gasteiger partial charge in [-0.05, 0) is 45.0 Å². The van der Waals surface area contributed by atoms with Crippen molar-refractivity contribution in [1.82, 2.24) is 4.90 Å². The Hall–Kier alpha value is -1.35. The van der Waals surface area contributed by atoms with Crippen LogP contribution < -0.4 is 5.32 Å². The molecule has 3 heteroatoms. The van der Waals surface area contributed by atoms with Crippen LogP contribution in [0.5, 0.6) is 0 Å². The summed E-state index contributed by atoms with van der Waals surface area (Å²) in [5, 5.41) is 2.94. The first-order chi connectivity index (χ1) is 7.77. The van der Waals surface area contributed by atoms with E-state index in [4.69, 9.17) is 0 Å². The summed E-state index contributed by atoms with van der Waals surface area (Å²) in [7, 11) is 0. The number of rotatable bonds is 3. The fourth-order valence-electron chi connectivity index (χ4n) is 2.06. The van der Waals surface area contributed by atoms with E-state index in [1.165, 1.54) is 12.8 Å². The number of hydrogen-bond donors (Lipinski definition) is 1. The van der Waals surface area contributed by atoms with Gasteiger partial charge < -0.3 is 5.32 Å². The highest BCUT2D eigenvalue weighted by Crippen LogP contribution is 2.13. The zero-order chi connectivity index (χ0) is 11.4. The van der Waals surface area contributed by atoms with Crippen LogP contribution >= 0.6 is 0 Å². The summed E-state index contributed by atoms with van der Waals surface area (Å²) in [5.74, 6) is 0.0908. The van der Waals surface area contributed by atoms with Gasteiger partial charge >= 0.3 is 0 Å². The summed E-state index contributed by atoms with van der Waals surface area (Å²) in [6.07, 6.45) is 2.42. The Balaban J connectivity index is 1.92. The molecule has 86 valence electrons. The van der Waals surface area contributed by atoms with Gasteiger partial charge in [-0.25, -0.2) is 0 Å². The van der Waals surface area contributed by atoms with Crippen LogP contribution in [0.25, 0.3) is 0 Å². The van der Waals surface area contributed by atoms with Crippen molar-refractivity contribution in [3.63, 3.8) is 0 Å². The highest BCUT2D eigenvalue weighted by molar-refractivity contribution is 5.94. The van der Waals surface area contributed by atoms with Crippen LogP contribution in [0.2, 0.25) is 0 Å². The largest absolute Gasteiger partial charge is 0.325 e. The highest BCUT2D eigenvalue weighted by Gasteiger charge is 2.23. The Kier molecular flexibility index (Phi) is 3.57. The highest BCUT2D eigenvalue weighted by atomic mass is 16.2. The van der Waals surface area contributed by atoms with Crippen LogP contribution in [0.4, 0.5) is 5.69 Å². The molecular formula is C13H18N2O. The van der Waals surface area contributed by atoms with Crippen molar-refractivity contribution in [3.8, 4) is 0 Å². The van der Waals surface area contributed by atoms with Gasteiger partial charge in [-0.15, -0.1) is 0 Å². The van der Waals surface area contributed by atoms with E-state index < -0.39 is 0 Å². The Bertz CT molecular complexity index is 344. The van der Waals surface area contributed by atoms with E-state index in [0.717, 1.165) is 18.8 Å². The molecule has 1 amide bonds. The van der Waals surface area contributed by atoms with Gasteiger partial charge in [0.25, 0.3) is 0 Å². The van der Waals surface area contributed by atoms with Crippen molar-refractivity contribution < 1.29 is 4.79 Å². The predicted octanol–water partition coefficient (Wildman–Crippen LogP) is 2.11. The fourth-order valence-corrected chi connectivity index (χ4v) is 2.06. The van der Waals surface area contributed by atoms with Crippen molar-refractivity contribution in [3.05, 3.63) is 30.3 Å². The summed E-state index contributed by atoms with van der Waals surface area (Å²) in [4.78, 5) is 14.2. The Morgan fingerprint density at radius 2 is 1.88 bits per heavy atom. The van der Waals surface area contributed by atoms with Gasteiger partial charge in [-0.2, -0.15) is 0 Å². The molecule has 1 aliphatic heterocycles. The number of nitrogens with one attached hydrogen (secondary N) is 1. The van der Waals surface area contributed by atoms with E-state index in [1.54, 1.807) is 0 Å². The van der Waals surface area contributed by atoms with Crippen LogP contribution in [0.15, 0.2) is 30.3 Å². The molecule has 0 aliphatic carbocycles. The molecule has 1 aromatic rings. The molecule has 0 radical (unpaired) electrons. The number of nitrogens with zero attached hydrogens (tertiary/aromatic N) is 1. The summed E-state index contributed by atoms with van der Waals surface area (Å²) in [6, 6.07) is 9.59. The van der Waals surface area contributed by atoms with E-state index in [9.17, 15) is 4.79 Å². The third kappa shape index (κ3) is 2.61. The molecule has 16 heavy (non-hydrogen) atoms. The maximum absolute atomic E-state index is 11.9. The van der Waals surface area contributed by atoms with Crippen molar-refractivity contribution in [2.75, 3.05) is 18.4 Å². The molecule has 0 aromatic heterocycles. The molecular weight excluding hydrogens is 200 g/mol. The number of likely N-dealkylation sites (tertiary alicyclic amines) is 1. The minimum absolute atomic E-state index is 0.0253. The molecule has 1 N–H and O–H groups in total. The second-order valence-electron chi connectivity index (χ2n) is 4.27. The zero-order valence-corrected chi connectivity index (χ0v) is 9.65. The van der Waals surface area contributed by atoms with Gasteiger partial charge in [0.15, 0.2) is 0 Å². The smallest absolute Gasteiger partial charge is 0.241 e. The van der Waals surface area contributed by atoms with E-state index in [2.05, 4.69) is 10.2 Å². The number of para-hydroxylation sites is 1. The summed E-state index contributed by atoms with van der Waals surface area (Å²) in [6.45, 7) is 4.07. The van der Waals surface area contributed by atoms with Crippen molar-refractivity contribution in [2.45, 2.75) is 25.8 Å². The van der Waals surface area contributed by atoms with Crippen LogP contribution in [0, 0.1) is 0 Å². The van der Waals surface area contributed by atoms with E-state index >= 15 is 0 Å². The monoisotopic (exact) mass is 218 g/mol. The first-order valence-corrected chi connectivity index (χ1v) is 5.87. The normalized spacial score (nSPS) is 18.3. The van der Waals surface area contributed by atoms with Gasteiger partial charge in [0.05, 0.1) is 6.04 Å². The number of carbonyl (C=O) groups is 1. The maximum Gasteiger partial charge on any atom is 0.241 e. The van der Waals surface area contributed by atoms with Crippen molar-refractivity contribution in [1.29, 1.82) is 0 Å². The van der Waals surface area contributed by atoms with Crippen LogP contribution in [-0.4, -0.2) is 29.9 Å². The lowest BCUT2D eigenvalue weighted by Gasteiger charge is -2.22. The van der Waals surface area contributed by atoms with Gasteiger partial charge in [0.1, 0.15) is 0 Å². The zero-order valence-electron chi connectivity index (χ0n) is 9.65. The molecule has 1 saturated heterocycles. The second-order valence-corrected chi connectivity index (χ2v) is 4.27. The number of hydrogen-bond acceptors (Lipinski definition) is 2. The third-order valence-electron chi connectivity index (χ3n) is 3.11. The summed E-state index contributed by atoms with van der Waals surface area (Å²) < 4.78 is 0. The van der Waals surface area contributed by atoms with Gasteiger partial charge in [0.2, 0.25) is 5.91 Å². The average Bonchev–Trinajstić information content (AvgIpc) is 2.83. The SMILES string of the molecule is C[C@H](C(=O)Nc1ccccc1)N1CCCC1. The summed E-state index contributed by atoms with van der Waals surface area (Å²) in [5.41, 5.74) is 0.874.